The molecule has 0 saturated heterocycles. The molecule has 6 heteroatoms. The van der Waals surface area contributed by atoms with Gasteiger partial charge in [-0.05, 0) is 24.4 Å². The van der Waals surface area contributed by atoms with Gasteiger partial charge in [-0.15, -0.1) is 0 Å². The monoisotopic (exact) mass is 281 g/mol. The van der Waals surface area contributed by atoms with Crippen molar-refractivity contribution in [2.75, 3.05) is 0 Å². The van der Waals surface area contributed by atoms with Crippen molar-refractivity contribution in [2.24, 2.45) is 5.10 Å². The van der Waals surface area contributed by atoms with Crippen LogP contribution in [-0.2, 0) is 0 Å². The van der Waals surface area contributed by atoms with Crippen LogP contribution in [0.1, 0.15) is 5.69 Å². The van der Waals surface area contributed by atoms with Crippen molar-refractivity contribution in [1.82, 2.24) is 19.9 Å². The SMILES string of the molecule is S=c1[nH]nc(-c2ccccc2)n1N=Cc1ccccn1. The van der Waals surface area contributed by atoms with Crippen LogP contribution >= 0.6 is 12.2 Å². The fourth-order valence-corrected chi connectivity index (χ4v) is 1.92. The molecule has 5 nitrogen and oxygen atoms in total. The van der Waals surface area contributed by atoms with Crippen LogP contribution in [0.2, 0.25) is 0 Å². The van der Waals surface area contributed by atoms with Crippen molar-refractivity contribution in [2.45, 2.75) is 0 Å². The van der Waals surface area contributed by atoms with Crippen LogP contribution in [0.15, 0.2) is 59.8 Å². The standard InChI is InChI=1S/C14H11N5S/c20-14-18-17-13(11-6-2-1-3-7-11)19(14)16-10-12-8-4-5-9-15-12/h1-10H,(H,18,20). The first-order valence-electron chi connectivity index (χ1n) is 6.03. The van der Waals surface area contributed by atoms with Gasteiger partial charge in [0.2, 0.25) is 4.77 Å². The number of pyridine rings is 1. The molecule has 0 amide bonds. The zero-order valence-electron chi connectivity index (χ0n) is 10.5. The molecule has 0 unspecified atom stereocenters. The smallest absolute Gasteiger partial charge is 0.216 e. The van der Waals surface area contributed by atoms with Gasteiger partial charge in [0.25, 0.3) is 0 Å². The lowest BCUT2D eigenvalue weighted by Crippen LogP contribution is -1.95. The number of aromatic amines is 1. The highest BCUT2D eigenvalue weighted by atomic mass is 32.1. The highest BCUT2D eigenvalue weighted by Crippen LogP contribution is 2.16. The molecule has 0 aliphatic carbocycles. The van der Waals surface area contributed by atoms with Gasteiger partial charge in [0.15, 0.2) is 5.82 Å². The molecule has 2 heterocycles. The van der Waals surface area contributed by atoms with Crippen LogP contribution in [0.5, 0.6) is 0 Å². The summed E-state index contributed by atoms with van der Waals surface area (Å²) in [6.45, 7) is 0. The molecule has 3 aromatic rings. The lowest BCUT2D eigenvalue weighted by atomic mass is 10.2. The van der Waals surface area contributed by atoms with Gasteiger partial charge in [-0.1, -0.05) is 36.4 Å². The zero-order valence-corrected chi connectivity index (χ0v) is 11.3. The number of aromatic nitrogens is 4. The molecule has 2 aromatic heterocycles. The van der Waals surface area contributed by atoms with Gasteiger partial charge < -0.3 is 0 Å². The molecule has 1 aromatic carbocycles. The predicted molar refractivity (Wildman–Crippen MR) is 80.1 cm³/mol. The molecule has 98 valence electrons. The summed E-state index contributed by atoms with van der Waals surface area (Å²) in [6.07, 6.45) is 3.37. The van der Waals surface area contributed by atoms with Gasteiger partial charge in [-0.3, -0.25) is 4.98 Å². The normalized spacial score (nSPS) is 11.0. The minimum Gasteiger partial charge on any atom is -0.255 e. The van der Waals surface area contributed by atoms with Crippen LogP contribution in [0, 0.1) is 4.77 Å². The Balaban J connectivity index is 2.01. The van der Waals surface area contributed by atoms with E-state index in [4.69, 9.17) is 12.2 Å². The fraction of sp³-hybridized carbons (Fsp3) is 0. The Bertz CT molecular complexity index is 774. The second kappa shape index (κ2) is 5.58. The summed E-state index contributed by atoms with van der Waals surface area (Å²) in [6, 6.07) is 15.4. The maximum Gasteiger partial charge on any atom is 0.216 e. The van der Waals surface area contributed by atoms with Crippen molar-refractivity contribution >= 4 is 18.4 Å². The average Bonchev–Trinajstić information content (AvgIpc) is 2.88. The molecule has 20 heavy (non-hydrogen) atoms. The van der Waals surface area contributed by atoms with E-state index < -0.39 is 0 Å². The Labute approximate surface area is 120 Å². The molecule has 1 N–H and O–H groups in total. The van der Waals surface area contributed by atoms with Crippen molar-refractivity contribution in [1.29, 1.82) is 0 Å². The number of nitrogens with zero attached hydrogens (tertiary/aromatic N) is 4. The zero-order chi connectivity index (χ0) is 13.8. The molecule has 0 aliphatic heterocycles. The van der Waals surface area contributed by atoms with E-state index in [2.05, 4.69) is 20.3 Å². The van der Waals surface area contributed by atoms with Crippen molar-refractivity contribution < 1.29 is 0 Å². The van der Waals surface area contributed by atoms with E-state index in [0.29, 0.717) is 10.6 Å². The second-order valence-electron chi connectivity index (χ2n) is 4.03. The molecule has 0 bridgehead atoms. The summed E-state index contributed by atoms with van der Waals surface area (Å²) < 4.78 is 2.02. The number of H-pyrrole nitrogens is 1. The third-order valence-corrected chi connectivity index (χ3v) is 2.94. The minimum atomic E-state index is 0.441. The summed E-state index contributed by atoms with van der Waals surface area (Å²) in [7, 11) is 0. The van der Waals surface area contributed by atoms with Crippen LogP contribution in [-0.4, -0.2) is 26.1 Å². The lowest BCUT2D eigenvalue weighted by molar-refractivity contribution is 0.870. The van der Waals surface area contributed by atoms with E-state index in [1.54, 1.807) is 17.1 Å². The molecule has 0 saturated carbocycles. The van der Waals surface area contributed by atoms with Crippen LogP contribution in [0.4, 0.5) is 0 Å². The molecule has 3 rings (SSSR count). The molecular weight excluding hydrogens is 270 g/mol. The number of nitrogens with one attached hydrogen (secondary N) is 1. The summed E-state index contributed by atoms with van der Waals surface area (Å²) in [5, 5.41) is 11.3. The number of benzene rings is 1. The maximum atomic E-state index is 5.20. The number of hydrogen-bond donors (Lipinski definition) is 1. The summed E-state index contributed by atoms with van der Waals surface area (Å²) in [4.78, 5) is 4.18. The predicted octanol–water partition coefficient (Wildman–Crippen LogP) is 2.88. The third kappa shape index (κ3) is 2.55. The number of rotatable bonds is 3. The van der Waals surface area contributed by atoms with E-state index in [1.807, 2.05) is 48.5 Å². The topological polar surface area (TPSA) is 58.9 Å². The van der Waals surface area contributed by atoms with Gasteiger partial charge in [0.05, 0.1) is 11.9 Å². The minimum absolute atomic E-state index is 0.441. The van der Waals surface area contributed by atoms with E-state index in [0.717, 1.165) is 11.3 Å². The van der Waals surface area contributed by atoms with E-state index in [9.17, 15) is 0 Å². The van der Waals surface area contributed by atoms with Crippen molar-refractivity contribution in [3.05, 3.63) is 65.2 Å². The van der Waals surface area contributed by atoms with Crippen LogP contribution in [0.25, 0.3) is 11.4 Å². The molecule has 0 fully saturated rings. The molecule has 0 radical (unpaired) electrons. The van der Waals surface area contributed by atoms with Crippen LogP contribution < -0.4 is 0 Å². The Morgan fingerprint density at radius 3 is 2.65 bits per heavy atom. The van der Waals surface area contributed by atoms with Crippen molar-refractivity contribution in [3.8, 4) is 11.4 Å². The first kappa shape index (κ1) is 12.4. The van der Waals surface area contributed by atoms with Gasteiger partial charge in [-0.2, -0.15) is 14.9 Å². The maximum absolute atomic E-state index is 5.20. The molecular formula is C14H11N5S. The average molecular weight is 281 g/mol. The van der Waals surface area contributed by atoms with Gasteiger partial charge >= 0.3 is 0 Å². The summed E-state index contributed by atoms with van der Waals surface area (Å²) >= 11 is 5.20. The first-order valence-corrected chi connectivity index (χ1v) is 6.43. The summed E-state index contributed by atoms with van der Waals surface area (Å²) in [5.74, 6) is 0.669. The first-order chi connectivity index (χ1) is 9.84. The lowest BCUT2D eigenvalue weighted by Gasteiger charge is -2.00. The number of hydrogen-bond acceptors (Lipinski definition) is 4. The van der Waals surface area contributed by atoms with E-state index in [1.165, 1.54) is 0 Å². The molecule has 0 spiro atoms. The van der Waals surface area contributed by atoms with E-state index in [-0.39, 0.29) is 0 Å². The third-order valence-electron chi connectivity index (χ3n) is 2.68. The Morgan fingerprint density at radius 2 is 1.90 bits per heavy atom. The quantitative estimate of drug-likeness (QED) is 0.593. The second-order valence-corrected chi connectivity index (χ2v) is 4.42. The van der Waals surface area contributed by atoms with Gasteiger partial charge in [0, 0.05) is 11.8 Å². The molecule has 0 aliphatic rings. The van der Waals surface area contributed by atoms with Crippen molar-refractivity contribution in [3.63, 3.8) is 0 Å². The Kier molecular flexibility index (Phi) is 3.47. The summed E-state index contributed by atoms with van der Waals surface area (Å²) in [5.41, 5.74) is 1.70. The highest BCUT2D eigenvalue weighted by Gasteiger charge is 2.06. The van der Waals surface area contributed by atoms with Gasteiger partial charge in [-0.25, -0.2) is 5.10 Å². The van der Waals surface area contributed by atoms with E-state index >= 15 is 0 Å². The highest BCUT2D eigenvalue weighted by molar-refractivity contribution is 7.71. The Hall–Kier alpha value is -2.60. The molecule has 0 atom stereocenters. The van der Waals surface area contributed by atoms with Gasteiger partial charge in [0.1, 0.15) is 0 Å². The fourth-order valence-electron chi connectivity index (χ4n) is 1.74. The largest absolute Gasteiger partial charge is 0.255 e. The Morgan fingerprint density at radius 1 is 1.10 bits per heavy atom. The van der Waals surface area contributed by atoms with Crippen LogP contribution in [0.3, 0.4) is 0 Å².